The summed E-state index contributed by atoms with van der Waals surface area (Å²) in [5.74, 6) is 4.06. The van der Waals surface area contributed by atoms with Crippen LogP contribution in [0.5, 0.6) is 0 Å². The Hall–Kier alpha value is -2.41. The number of aromatic nitrogens is 2. The lowest BCUT2D eigenvalue weighted by atomic mass is 9.99. The lowest BCUT2D eigenvalue weighted by Crippen LogP contribution is -2.37. The molecule has 7 heteroatoms. The zero-order chi connectivity index (χ0) is 22.5. The van der Waals surface area contributed by atoms with E-state index in [1.165, 1.54) is 36.8 Å². The maximum absolute atomic E-state index is 5.57. The van der Waals surface area contributed by atoms with E-state index in [2.05, 4.69) is 71.5 Å². The molecule has 32 heavy (non-hydrogen) atoms. The van der Waals surface area contributed by atoms with Crippen molar-refractivity contribution in [2.45, 2.75) is 53.0 Å². The average Bonchev–Trinajstić information content (AvgIpc) is 2.79. The van der Waals surface area contributed by atoms with Crippen molar-refractivity contribution < 1.29 is 0 Å². The third kappa shape index (κ3) is 6.09. The molecule has 0 spiro atoms. The Morgan fingerprint density at radius 2 is 1.66 bits per heavy atom. The zero-order valence-corrected chi connectivity index (χ0v) is 20.4. The number of rotatable bonds is 5. The largest absolute Gasteiger partial charge is 0.358 e. The van der Waals surface area contributed by atoms with E-state index < -0.39 is 0 Å². The van der Waals surface area contributed by atoms with Gasteiger partial charge >= 0.3 is 0 Å². The van der Waals surface area contributed by atoms with Gasteiger partial charge in [0.2, 0.25) is 5.95 Å². The second kappa shape index (κ2) is 10.5. The summed E-state index contributed by atoms with van der Waals surface area (Å²) in [4.78, 5) is 14.5. The molecule has 2 aliphatic heterocycles. The van der Waals surface area contributed by atoms with E-state index in [0.717, 1.165) is 43.7 Å². The molecule has 0 saturated carbocycles. The Kier molecular flexibility index (Phi) is 7.45. The van der Waals surface area contributed by atoms with Crippen LogP contribution >= 0.6 is 12.2 Å². The number of nitrogens with one attached hydrogen (secondary N) is 2. The van der Waals surface area contributed by atoms with Gasteiger partial charge in [0.1, 0.15) is 11.6 Å². The van der Waals surface area contributed by atoms with Crippen LogP contribution in [0.2, 0.25) is 0 Å². The van der Waals surface area contributed by atoms with Crippen LogP contribution in [-0.4, -0.2) is 41.3 Å². The standard InChI is InChI=1S/C25H36N6S/c1-18-6-8-21(9-7-18)16-26-25(32)29-24-27-22(30-13-10-19(2)11-14-30)15-23(28-24)31-12-4-5-20(3)17-31/h6-9,15,19-20H,4-5,10-14,16-17H2,1-3H3,(H2,26,27,28,29,32)/t20-/m0/s1. The average molecular weight is 453 g/mol. The van der Waals surface area contributed by atoms with Crippen LogP contribution < -0.4 is 20.4 Å². The summed E-state index contributed by atoms with van der Waals surface area (Å²) in [5, 5.41) is 7.09. The van der Waals surface area contributed by atoms with E-state index >= 15 is 0 Å². The molecule has 0 amide bonds. The van der Waals surface area contributed by atoms with E-state index in [1.807, 2.05) is 0 Å². The van der Waals surface area contributed by atoms with Gasteiger partial charge in [-0.3, -0.25) is 0 Å². The van der Waals surface area contributed by atoms with Gasteiger partial charge in [-0.1, -0.05) is 43.7 Å². The van der Waals surface area contributed by atoms with Crippen molar-refractivity contribution in [2.24, 2.45) is 11.8 Å². The van der Waals surface area contributed by atoms with Crippen LogP contribution in [0, 0.1) is 18.8 Å². The van der Waals surface area contributed by atoms with E-state index in [4.69, 9.17) is 22.2 Å². The normalized spacial score (nSPS) is 19.7. The minimum absolute atomic E-state index is 0.549. The van der Waals surface area contributed by atoms with Crippen LogP contribution in [0.1, 0.15) is 50.7 Å². The third-order valence-corrected chi connectivity index (χ3v) is 6.83. The Balaban J connectivity index is 1.48. The van der Waals surface area contributed by atoms with Gasteiger partial charge < -0.3 is 20.4 Å². The Bertz CT molecular complexity index is 907. The Labute approximate surface area is 197 Å². The topological polar surface area (TPSA) is 56.3 Å². The van der Waals surface area contributed by atoms with Crippen LogP contribution in [0.25, 0.3) is 0 Å². The Morgan fingerprint density at radius 1 is 0.969 bits per heavy atom. The predicted molar refractivity (Wildman–Crippen MR) is 137 cm³/mol. The molecule has 1 aromatic heterocycles. The van der Waals surface area contributed by atoms with Gasteiger partial charge in [0.25, 0.3) is 0 Å². The molecule has 0 bridgehead atoms. The maximum Gasteiger partial charge on any atom is 0.232 e. The molecule has 2 N–H and O–H groups in total. The number of nitrogens with zero attached hydrogens (tertiary/aromatic N) is 4. The fraction of sp³-hybridized carbons (Fsp3) is 0.560. The number of piperidine rings is 2. The minimum atomic E-state index is 0.549. The van der Waals surface area contributed by atoms with Crippen LogP contribution in [-0.2, 0) is 6.54 Å². The first kappa shape index (κ1) is 22.8. The highest BCUT2D eigenvalue weighted by Crippen LogP contribution is 2.28. The first-order valence-electron chi connectivity index (χ1n) is 12.0. The summed E-state index contributed by atoms with van der Waals surface area (Å²) < 4.78 is 0. The molecule has 6 nitrogen and oxygen atoms in total. The summed E-state index contributed by atoms with van der Waals surface area (Å²) >= 11 is 5.57. The van der Waals surface area contributed by atoms with Crippen molar-refractivity contribution in [1.29, 1.82) is 0 Å². The van der Waals surface area contributed by atoms with Crippen molar-refractivity contribution in [3.8, 4) is 0 Å². The van der Waals surface area contributed by atoms with Gasteiger partial charge in [-0.25, -0.2) is 0 Å². The second-order valence-electron chi connectivity index (χ2n) is 9.56. The second-order valence-corrected chi connectivity index (χ2v) is 9.97. The Morgan fingerprint density at radius 3 is 2.34 bits per heavy atom. The molecule has 1 atom stereocenters. The lowest BCUT2D eigenvalue weighted by molar-refractivity contribution is 0.435. The number of anilines is 3. The number of benzene rings is 1. The molecule has 0 aliphatic carbocycles. The fourth-order valence-corrected chi connectivity index (χ4v) is 4.63. The van der Waals surface area contributed by atoms with Crippen molar-refractivity contribution in [3.63, 3.8) is 0 Å². The first-order valence-corrected chi connectivity index (χ1v) is 12.4. The monoisotopic (exact) mass is 452 g/mol. The number of hydrogen-bond acceptors (Lipinski definition) is 5. The van der Waals surface area contributed by atoms with Gasteiger partial charge in [0, 0.05) is 38.8 Å². The lowest BCUT2D eigenvalue weighted by Gasteiger charge is -2.34. The van der Waals surface area contributed by atoms with E-state index in [-0.39, 0.29) is 0 Å². The van der Waals surface area contributed by atoms with Gasteiger partial charge in [-0.05, 0) is 62.2 Å². The minimum Gasteiger partial charge on any atom is -0.358 e. The number of hydrogen-bond donors (Lipinski definition) is 2. The van der Waals surface area contributed by atoms with Crippen LogP contribution in [0.3, 0.4) is 0 Å². The van der Waals surface area contributed by atoms with Crippen LogP contribution in [0.15, 0.2) is 30.3 Å². The van der Waals surface area contributed by atoms with E-state index in [0.29, 0.717) is 23.5 Å². The molecule has 2 saturated heterocycles. The fourth-order valence-electron chi connectivity index (χ4n) is 4.47. The SMILES string of the molecule is Cc1ccc(CNC(=S)Nc2nc(N3CCC(C)CC3)cc(N3CCC[C@H](C)C3)n2)cc1. The smallest absolute Gasteiger partial charge is 0.232 e. The van der Waals surface area contributed by atoms with E-state index in [9.17, 15) is 0 Å². The van der Waals surface area contributed by atoms with Gasteiger partial charge in [0.15, 0.2) is 5.11 Å². The molecule has 4 rings (SSSR count). The summed E-state index contributed by atoms with van der Waals surface area (Å²) in [6.45, 7) is 11.6. The van der Waals surface area contributed by atoms with Crippen molar-refractivity contribution in [3.05, 3.63) is 41.5 Å². The molecular formula is C25H36N6S. The van der Waals surface area contributed by atoms with Gasteiger partial charge in [-0.15, -0.1) is 0 Å². The molecule has 0 radical (unpaired) electrons. The summed E-state index contributed by atoms with van der Waals surface area (Å²) in [5.41, 5.74) is 2.45. The summed E-state index contributed by atoms with van der Waals surface area (Å²) in [6, 6.07) is 10.6. The van der Waals surface area contributed by atoms with Crippen molar-refractivity contribution >= 4 is 34.9 Å². The summed E-state index contributed by atoms with van der Waals surface area (Å²) in [6.07, 6.45) is 4.91. The highest BCUT2D eigenvalue weighted by Gasteiger charge is 2.22. The van der Waals surface area contributed by atoms with Crippen molar-refractivity contribution in [2.75, 3.05) is 41.3 Å². The van der Waals surface area contributed by atoms with Gasteiger partial charge in [0.05, 0.1) is 0 Å². The third-order valence-electron chi connectivity index (χ3n) is 6.59. The van der Waals surface area contributed by atoms with Crippen molar-refractivity contribution in [1.82, 2.24) is 15.3 Å². The zero-order valence-electron chi connectivity index (χ0n) is 19.6. The maximum atomic E-state index is 5.57. The number of thiocarbonyl (C=S) groups is 1. The molecule has 0 unspecified atom stereocenters. The van der Waals surface area contributed by atoms with Gasteiger partial charge in [-0.2, -0.15) is 9.97 Å². The number of aryl methyl sites for hydroxylation is 1. The predicted octanol–water partition coefficient (Wildman–Crippen LogP) is 4.74. The molecular weight excluding hydrogens is 416 g/mol. The molecule has 2 aromatic rings. The van der Waals surface area contributed by atoms with Crippen LogP contribution in [0.4, 0.5) is 17.6 Å². The highest BCUT2D eigenvalue weighted by molar-refractivity contribution is 7.80. The molecule has 1 aromatic carbocycles. The highest BCUT2D eigenvalue weighted by atomic mass is 32.1. The quantitative estimate of drug-likeness (QED) is 0.635. The molecule has 3 heterocycles. The van der Waals surface area contributed by atoms with E-state index in [1.54, 1.807) is 0 Å². The summed E-state index contributed by atoms with van der Waals surface area (Å²) in [7, 11) is 0. The molecule has 2 aliphatic rings. The molecule has 172 valence electrons. The molecule has 2 fully saturated rings. The first-order chi connectivity index (χ1) is 15.5.